The molecule has 1 aromatic rings. The van der Waals surface area contributed by atoms with E-state index in [1.165, 1.54) is 31.4 Å². The Morgan fingerprint density at radius 3 is 2.25 bits per heavy atom. The number of carbonyl (C=O) groups is 2. The van der Waals surface area contributed by atoms with Crippen molar-refractivity contribution in [2.24, 2.45) is 5.92 Å². The van der Waals surface area contributed by atoms with Gasteiger partial charge in [-0.05, 0) is 30.2 Å². The minimum absolute atomic E-state index is 0.0337. The first-order valence-corrected chi connectivity index (χ1v) is 8.78. The Bertz CT molecular complexity index is 670. The lowest BCUT2D eigenvalue weighted by atomic mass is 10.2. The van der Waals surface area contributed by atoms with Gasteiger partial charge in [-0.3, -0.25) is 4.79 Å². The number of carbonyl (C=O) groups excluding carboxylic acids is 1. The van der Waals surface area contributed by atoms with Crippen LogP contribution in [0.2, 0.25) is 0 Å². The summed E-state index contributed by atoms with van der Waals surface area (Å²) in [6.45, 7) is 3.90. The van der Waals surface area contributed by atoms with Crippen molar-refractivity contribution in [2.75, 3.05) is 20.3 Å². The van der Waals surface area contributed by atoms with Gasteiger partial charge < -0.3 is 15.2 Å². The van der Waals surface area contributed by atoms with Gasteiger partial charge in [0.1, 0.15) is 0 Å². The Labute approximate surface area is 141 Å². The molecule has 0 heterocycles. The van der Waals surface area contributed by atoms with E-state index in [1.54, 1.807) is 0 Å². The van der Waals surface area contributed by atoms with Gasteiger partial charge in [0.2, 0.25) is 10.0 Å². The molecular weight excluding hydrogens is 336 g/mol. The van der Waals surface area contributed by atoms with Gasteiger partial charge in [-0.15, -0.1) is 0 Å². The van der Waals surface area contributed by atoms with Crippen LogP contribution in [-0.4, -0.2) is 51.7 Å². The maximum absolute atomic E-state index is 12.1. The van der Waals surface area contributed by atoms with Gasteiger partial charge in [-0.2, -0.15) is 0 Å². The van der Waals surface area contributed by atoms with Crippen LogP contribution in [0, 0.1) is 5.92 Å². The lowest BCUT2D eigenvalue weighted by molar-refractivity contribution is -0.140. The SMILES string of the molecule is COCC(NC(=O)c1ccc(S(=O)(=O)NCC(C)C)cc1)C(=O)O. The van der Waals surface area contributed by atoms with Gasteiger partial charge in [0.25, 0.3) is 5.91 Å². The molecule has 1 amide bonds. The maximum atomic E-state index is 12.1. The molecule has 24 heavy (non-hydrogen) atoms. The molecule has 1 rings (SSSR count). The number of rotatable bonds is 9. The highest BCUT2D eigenvalue weighted by atomic mass is 32.2. The molecule has 0 radical (unpaired) electrons. The number of benzene rings is 1. The summed E-state index contributed by atoms with van der Waals surface area (Å²) in [6.07, 6.45) is 0. The number of ether oxygens (including phenoxy) is 1. The molecule has 0 fully saturated rings. The molecule has 0 bridgehead atoms. The molecule has 0 aliphatic heterocycles. The minimum Gasteiger partial charge on any atom is -0.480 e. The third kappa shape index (κ3) is 5.91. The van der Waals surface area contributed by atoms with E-state index in [4.69, 9.17) is 9.84 Å². The Kier molecular flexibility index (Phi) is 7.33. The summed E-state index contributed by atoms with van der Waals surface area (Å²) in [5.41, 5.74) is 0.153. The zero-order valence-corrected chi connectivity index (χ0v) is 14.6. The minimum atomic E-state index is -3.64. The highest BCUT2D eigenvalue weighted by Gasteiger charge is 2.21. The summed E-state index contributed by atoms with van der Waals surface area (Å²) in [5, 5.41) is 11.3. The van der Waals surface area contributed by atoms with Gasteiger partial charge in [0.05, 0.1) is 11.5 Å². The van der Waals surface area contributed by atoms with Crippen LogP contribution in [0.5, 0.6) is 0 Å². The van der Waals surface area contributed by atoms with Crippen molar-refractivity contribution in [1.82, 2.24) is 10.0 Å². The molecule has 0 saturated carbocycles. The number of carboxylic acid groups (broad SMARTS) is 1. The van der Waals surface area contributed by atoms with Gasteiger partial charge in [-0.25, -0.2) is 17.9 Å². The lowest BCUT2D eigenvalue weighted by Crippen LogP contribution is -2.43. The molecule has 1 aromatic carbocycles. The van der Waals surface area contributed by atoms with E-state index < -0.39 is 27.9 Å². The molecule has 1 unspecified atom stereocenters. The number of sulfonamides is 1. The van der Waals surface area contributed by atoms with Crippen molar-refractivity contribution in [3.05, 3.63) is 29.8 Å². The topological polar surface area (TPSA) is 122 Å². The molecule has 0 spiro atoms. The van der Waals surface area contributed by atoms with Crippen LogP contribution in [0.3, 0.4) is 0 Å². The summed E-state index contributed by atoms with van der Waals surface area (Å²) in [7, 11) is -2.31. The monoisotopic (exact) mass is 358 g/mol. The van der Waals surface area contributed by atoms with Crippen molar-refractivity contribution in [3.8, 4) is 0 Å². The van der Waals surface area contributed by atoms with Crippen molar-refractivity contribution < 1.29 is 27.9 Å². The van der Waals surface area contributed by atoms with Gasteiger partial charge in [-0.1, -0.05) is 13.8 Å². The predicted molar refractivity (Wildman–Crippen MR) is 87.2 cm³/mol. The standard InChI is InChI=1S/C15H22N2O6S/c1-10(2)8-16-24(21,22)12-6-4-11(5-7-12)14(18)17-13(9-23-3)15(19)20/h4-7,10,13,16H,8-9H2,1-3H3,(H,17,18)(H,19,20). The number of methoxy groups -OCH3 is 1. The zero-order valence-electron chi connectivity index (χ0n) is 13.8. The second-order valence-electron chi connectivity index (χ2n) is 5.59. The molecule has 9 heteroatoms. The van der Waals surface area contributed by atoms with E-state index in [-0.39, 0.29) is 23.0 Å². The Morgan fingerprint density at radius 1 is 1.21 bits per heavy atom. The van der Waals surface area contributed by atoms with Crippen molar-refractivity contribution >= 4 is 21.9 Å². The van der Waals surface area contributed by atoms with E-state index in [1.807, 2.05) is 13.8 Å². The van der Waals surface area contributed by atoms with Crippen LogP contribution in [-0.2, 0) is 19.6 Å². The predicted octanol–water partition coefficient (Wildman–Crippen LogP) is 0.450. The van der Waals surface area contributed by atoms with Crippen LogP contribution in [0.4, 0.5) is 0 Å². The number of aliphatic carboxylic acids is 1. The molecule has 0 aromatic heterocycles. The van der Waals surface area contributed by atoms with Crippen molar-refractivity contribution in [2.45, 2.75) is 24.8 Å². The zero-order chi connectivity index (χ0) is 18.3. The summed E-state index contributed by atoms with van der Waals surface area (Å²) in [5.74, 6) is -1.68. The van der Waals surface area contributed by atoms with Crippen molar-refractivity contribution in [1.29, 1.82) is 0 Å². The molecule has 8 nitrogen and oxygen atoms in total. The van der Waals surface area contributed by atoms with Crippen LogP contribution < -0.4 is 10.0 Å². The average Bonchev–Trinajstić information content (AvgIpc) is 2.52. The first-order valence-electron chi connectivity index (χ1n) is 7.29. The number of carboxylic acids is 1. The fourth-order valence-electron chi connectivity index (χ4n) is 1.73. The van der Waals surface area contributed by atoms with E-state index in [0.717, 1.165) is 0 Å². The fraction of sp³-hybridized carbons (Fsp3) is 0.467. The second kappa shape index (κ2) is 8.76. The van der Waals surface area contributed by atoms with Crippen LogP contribution in [0.1, 0.15) is 24.2 Å². The summed E-state index contributed by atoms with van der Waals surface area (Å²) in [6, 6.07) is 4.06. The van der Waals surface area contributed by atoms with Crippen LogP contribution >= 0.6 is 0 Å². The maximum Gasteiger partial charge on any atom is 0.328 e. The third-order valence-corrected chi connectivity index (χ3v) is 4.48. The normalized spacial score (nSPS) is 12.8. The summed E-state index contributed by atoms with van der Waals surface area (Å²) >= 11 is 0. The molecule has 0 saturated heterocycles. The Morgan fingerprint density at radius 2 is 1.79 bits per heavy atom. The highest BCUT2D eigenvalue weighted by Crippen LogP contribution is 2.11. The number of hydrogen-bond donors (Lipinski definition) is 3. The Hall–Kier alpha value is -1.97. The summed E-state index contributed by atoms with van der Waals surface area (Å²) < 4.78 is 31.3. The van der Waals surface area contributed by atoms with E-state index >= 15 is 0 Å². The third-order valence-electron chi connectivity index (χ3n) is 3.05. The van der Waals surface area contributed by atoms with Gasteiger partial charge in [0.15, 0.2) is 6.04 Å². The van der Waals surface area contributed by atoms with E-state index in [2.05, 4.69) is 10.0 Å². The molecule has 0 aliphatic carbocycles. The molecule has 0 aliphatic rings. The quantitative estimate of drug-likeness (QED) is 0.589. The van der Waals surface area contributed by atoms with Crippen LogP contribution in [0.25, 0.3) is 0 Å². The van der Waals surface area contributed by atoms with Crippen LogP contribution in [0.15, 0.2) is 29.2 Å². The molecule has 3 N–H and O–H groups in total. The van der Waals surface area contributed by atoms with E-state index in [0.29, 0.717) is 6.54 Å². The number of amides is 1. The first kappa shape index (κ1) is 20.1. The van der Waals surface area contributed by atoms with Gasteiger partial charge >= 0.3 is 5.97 Å². The lowest BCUT2D eigenvalue weighted by Gasteiger charge is -2.14. The highest BCUT2D eigenvalue weighted by molar-refractivity contribution is 7.89. The molecule has 134 valence electrons. The first-order chi connectivity index (χ1) is 11.2. The average molecular weight is 358 g/mol. The summed E-state index contributed by atoms with van der Waals surface area (Å²) in [4.78, 5) is 23.0. The number of hydrogen-bond acceptors (Lipinski definition) is 5. The smallest absolute Gasteiger partial charge is 0.328 e. The van der Waals surface area contributed by atoms with E-state index in [9.17, 15) is 18.0 Å². The molecular formula is C15H22N2O6S. The molecule has 1 atom stereocenters. The largest absolute Gasteiger partial charge is 0.480 e. The van der Waals surface area contributed by atoms with Crippen molar-refractivity contribution in [3.63, 3.8) is 0 Å². The Balaban J connectivity index is 2.83. The fourth-order valence-corrected chi connectivity index (χ4v) is 2.94. The van der Waals surface area contributed by atoms with Gasteiger partial charge in [0, 0.05) is 19.2 Å². The second-order valence-corrected chi connectivity index (χ2v) is 7.36. The number of nitrogens with one attached hydrogen (secondary N) is 2.